The molecular formula is C14H11NO2. The topological polar surface area (TPSA) is 42.1 Å². The first-order valence-electron chi connectivity index (χ1n) is 5.43. The van der Waals surface area contributed by atoms with Crippen molar-refractivity contribution >= 4 is 27.8 Å². The highest BCUT2D eigenvalue weighted by Crippen LogP contribution is 2.32. The van der Waals surface area contributed by atoms with Crippen LogP contribution in [0.3, 0.4) is 0 Å². The number of esters is 1. The number of aromatic nitrogens is 1. The van der Waals surface area contributed by atoms with Crippen LogP contribution < -0.4 is 4.74 Å². The Bertz CT molecular complexity index is 712. The van der Waals surface area contributed by atoms with Crippen LogP contribution >= 0.6 is 0 Å². The maximum Gasteiger partial charge on any atom is 0.308 e. The summed E-state index contributed by atoms with van der Waals surface area (Å²) >= 11 is 0. The van der Waals surface area contributed by atoms with Crippen LogP contribution in [0.5, 0.6) is 5.75 Å². The van der Waals surface area contributed by atoms with E-state index in [1.165, 1.54) is 6.92 Å². The van der Waals surface area contributed by atoms with E-state index >= 15 is 0 Å². The summed E-state index contributed by atoms with van der Waals surface area (Å²) in [5.74, 6) is 0.301. The predicted octanol–water partition coefficient (Wildman–Crippen LogP) is 3.25. The number of benzene rings is 2. The zero-order chi connectivity index (χ0) is 11.8. The molecule has 0 fully saturated rings. The van der Waals surface area contributed by atoms with E-state index < -0.39 is 0 Å². The van der Waals surface area contributed by atoms with Crippen molar-refractivity contribution < 1.29 is 9.53 Å². The lowest BCUT2D eigenvalue weighted by Gasteiger charge is -2.02. The third kappa shape index (κ3) is 1.56. The van der Waals surface area contributed by atoms with E-state index in [-0.39, 0.29) is 5.97 Å². The van der Waals surface area contributed by atoms with Crippen LogP contribution in [-0.2, 0) is 4.79 Å². The van der Waals surface area contributed by atoms with Gasteiger partial charge in [0.1, 0.15) is 5.75 Å². The molecule has 1 aromatic heterocycles. The molecule has 0 amide bonds. The minimum Gasteiger partial charge on any atom is -0.426 e. The maximum absolute atomic E-state index is 11.1. The van der Waals surface area contributed by atoms with Gasteiger partial charge >= 0.3 is 5.97 Å². The van der Waals surface area contributed by atoms with E-state index in [1.54, 1.807) is 0 Å². The largest absolute Gasteiger partial charge is 0.426 e. The molecule has 3 rings (SSSR count). The van der Waals surface area contributed by atoms with Crippen LogP contribution in [0, 0.1) is 0 Å². The van der Waals surface area contributed by atoms with E-state index in [9.17, 15) is 4.79 Å². The Morgan fingerprint density at radius 3 is 2.65 bits per heavy atom. The van der Waals surface area contributed by atoms with E-state index in [0.717, 1.165) is 21.8 Å². The monoisotopic (exact) mass is 225 g/mol. The van der Waals surface area contributed by atoms with Crippen LogP contribution in [0.2, 0.25) is 0 Å². The Morgan fingerprint density at radius 1 is 1.06 bits per heavy atom. The van der Waals surface area contributed by atoms with E-state index in [2.05, 4.69) is 4.98 Å². The highest BCUT2D eigenvalue weighted by Gasteiger charge is 2.10. The lowest BCUT2D eigenvalue weighted by Crippen LogP contribution is -2.01. The second kappa shape index (κ2) is 3.63. The molecule has 0 aliphatic rings. The second-order valence-corrected chi connectivity index (χ2v) is 3.94. The summed E-state index contributed by atoms with van der Waals surface area (Å²) in [6, 6.07) is 13.6. The molecule has 1 heterocycles. The molecule has 0 aliphatic heterocycles. The van der Waals surface area contributed by atoms with Gasteiger partial charge in [-0.3, -0.25) is 4.79 Å². The fourth-order valence-electron chi connectivity index (χ4n) is 2.11. The average molecular weight is 225 g/mol. The molecule has 0 unspecified atom stereocenters. The molecule has 0 saturated heterocycles. The third-order valence-electron chi connectivity index (χ3n) is 2.75. The summed E-state index contributed by atoms with van der Waals surface area (Å²) in [7, 11) is 0. The molecule has 1 N–H and O–H groups in total. The fourth-order valence-corrected chi connectivity index (χ4v) is 2.11. The first-order valence-corrected chi connectivity index (χ1v) is 5.43. The Hall–Kier alpha value is -2.29. The molecule has 0 radical (unpaired) electrons. The Labute approximate surface area is 98.0 Å². The minimum atomic E-state index is -0.303. The molecule has 17 heavy (non-hydrogen) atoms. The first-order chi connectivity index (χ1) is 8.25. The van der Waals surface area contributed by atoms with E-state index in [4.69, 9.17) is 4.74 Å². The van der Waals surface area contributed by atoms with Gasteiger partial charge in [0.15, 0.2) is 0 Å². The zero-order valence-corrected chi connectivity index (χ0v) is 9.36. The standard InChI is InChI=1S/C14H11NO2/c1-9(16)17-13-8-4-7-12-14(13)10-5-2-3-6-11(10)15-12/h2-8,15H,1H3. The third-order valence-corrected chi connectivity index (χ3v) is 2.75. The SMILES string of the molecule is CC(=O)Oc1cccc2[nH]c3ccccc3c12. The van der Waals surface area contributed by atoms with Crippen LogP contribution in [-0.4, -0.2) is 11.0 Å². The van der Waals surface area contributed by atoms with Gasteiger partial charge in [0.05, 0.1) is 10.9 Å². The Kier molecular flexibility index (Phi) is 2.11. The van der Waals surface area contributed by atoms with Crippen LogP contribution in [0.25, 0.3) is 21.8 Å². The van der Waals surface area contributed by atoms with Crippen molar-refractivity contribution in [1.82, 2.24) is 4.98 Å². The molecule has 3 heteroatoms. The number of hydrogen-bond donors (Lipinski definition) is 1. The van der Waals surface area contributed by atoms with Gasteiger partial charge in [-0.25, -0.2) is 0 Å². The van der Waals surface area contributed by atoms with Crippen LogP contribution in [0.4, 0.5) is 0 Å². The Balaban J connectivity index is 2.39. The molecule has 0 atom stereocenters. The molecule has 0 spiro atoms. The van der Waals surface area contributed by atoms with Crippen molar-refractivity contribution in [1.29, 1.82) is 0 Å². The molecule has 3 aromatic rings. The van der Waals surface area contributed by atoms with Crippen LogP contribution in [0.15, 0.2) is 42.5 Å². The summed E-state index contributed by atoms with van der Waals surface area (Å²) < 4.78 is 5.24. The number of fused-ring (bicyclic) bond motifs is 3. The number of nitrogens with one attached hydrogen (secondary N) is 1. The van der Waals surface area contributed by atoms with Crippen molar-refractivity contribution in [2.75, 3.05) is 0 Å². The van der Waals surface area contributed by atoms with Gasteiger partial charge in [-0.05, 0) is 18.2 Å². The number of carbonyl (C=O) groups is 1. The number of para-hydroxylation sites is 1. The molecule has 0 aliphatic carbocycles. The molecule has 2 aromatic carbocycles. The molecule has 3 nitrogen and oxygen atoms in total. The normalized spacial score (nSPS) is 10.9. The quantitative estimate of drug-likeness (QED) is 0.510. The number of ether oxygens (including phenoxy) is 1. The number of H-pyrrole nitrogens is 1. The van der Waals surface area contributed by atoms with Gasteiger partial charge in [-0.15, -0.1) is 0 Å². The highest BCUT2D eigenvalue weighted by molar-refractivity contribution is 6.10. The molecule has 0 bridgehead atoms. The summed E-state index contributed by atoms with van der Waals surface area (Å²) in [4.78, 5) is 14.4. The molecular weight excluding hydrogens is 214 g/mol. The number of aromatic amines is 1. The lowest BCUT2D eigenvalue weighted by molar-refractivity contribution is -0.131. The lowest BCUT2D eigenvalue weighted by atomic mass is 10.1. The number of hydrogen-bond acceptors (Lipinski definition) is 2. The van der Waals surface area contributed by atoms with Crippen molar-refractivity contribution in [3.63, 3.8) is 0 Å². The first kappa shape index (κ1) is 9.90. The van der Waals surface area contributed by atoms with Crippen LogP contribution in [0.1, 0.15) is 6.92 Å². The number of rotatable bonds is 1. The summed E-state index contributed by atoms with van der Waals surface area (Å²) in [6.07, 6.45) is 0. The minimum absolute atomic E-state index is 0.303. The van der Waals surface area contributed by atoms with E-state index in [1.807, 2.05) is 42.5 Å². The zero-order valence-electron chi connectivity index (χ0n) is 9.36. The molecule has 84 valence electrons. The summed E-state index contributed by atoms with van der Waals surface area (Å²) in [5, 5.41) is 2.03. The predicted molar refractivity (Wildman–Crippen MR) is 67.1 cm³/mol. The Morgan fingerprint density at radius 2 is 1.82 bits per heavy atom. The van der Waals surface area contributed by atoms with Crippen molar-refractivity contribution in [3.05, 3.63) is 42.5 Å². The smallest absolute Gasteiger partial charge is 0.308 e. The van der Waals surface area contributed by atoms with Gasteiger partial charge in [-0.2, -0.15) is 0 Å². The number of carbonyl (C=O) groups excluding carboxylic acids is 1. The summed E-state index contributed by atoms with van der Waals surface area (Å²) in [6.45, 7) is 1.41. The highest BCUT2D eigenvalue weighted by atomic mass is 16.5. The average Bonchev–Trinajstić information content (AvgIpc) is 2.67. The van der Waals surface area contributed by atoms with Gasteiger partial charge in [0.25, 0.3) is 0 Å². The maximum atomic E-state index is 11.1. The van der Waals surface area contributed by atoms with Gasteiger partial charge in [0, 0.05) is 17.8 Å². The molecule has 0 saturated carbocycles. The van der Waals surface area contributed by atoms with E-state index in [0.29, 0.717) is 5.75 Å². The summed E-state index contributed by atoms with van der Waals surface area (Å²) in [5.41, 5.74) is 2.02. The van der Waals surface area contributed by atoms with Gasteiger partial charge in [0.2, 0.25) is 0 Å². The fraction of sp³-hybridized carbons (Fsp3) is 0.0714. The van der Waals surface area contributed by atoms with Gasteiger partial charge in [-0.1, -0.05) is 24.3 Å². The second-order valence-electron chi connectivity index (χ2n) is 3.94. The van der Waals surface area contributed by atoms with Crippen molar-refractivity contribution in [2.45, 2.75) is 6.92 Å². The van der Waals surface area contributed by atoms with Gasteiger partial charge < -0.3 is 9.72 Å². The van der Waals surface area contributed by atoms with Crippen molar-refractivity contribution in [3.8, 4) is 5.75 Å². The van der Waals surface area contributed by atoms with Crippen molar-refractivity contribution in [2.24, 2.45) is 0 Å².